The number of ether oxygens (including phenoxy) is 3. The van der Waals surface area contributed by atoms with Crippen LogP contribution >= 0.6 is 0 Å². The van der Waals surface area contributed by atoms with E-state index in [0.717, 1.165) is 22.3 Å². The summed E-state index contributed by atoms with van der Waals surface area (Å²) in [6, 6.07) is 29.2. The number of pyridine rings is 1. The normalized spacial score (nSPS) is 10.5. The van der Waals surface area contributed by atoms with E-state index in [1.165, 1.54) is 0 Å². The Balaban J connectivity index is 1.64. The highest BCUT2D eigenvalue weighted by molar-refractivity contribution is 5.80. The van der Waals surface area contributed by atoms with Gasteiger partial charge in [-0.3, -0.25) is 0 Å². The largest absolute Gasteiger partial charge is 0.497 e. The Hall–Kier alpha value is -3.99. The molecule has 0 saturated heterocycles. The molecule has 0 fully saturated rings. The number of anilines is 1. The van der Waals surface area contributed by atoms with Gasteiger partial charge in [0, 0.05) is 22.9 Å². The molecule has 4 aromatic rings. The van der Waals surface area contributed by atoms with E-state index in [4.69, 9.17) is 19.9 Å². The minimum atomic E-state index is 0.382. The predicted molar refractivity (Wildman–Crippen MR) is 122 cm³/mol. The Morgan fingerprint density at radius 1 is 0.710 bits per heavy atom. The number of nitrogens with zero attached hydrogens (tertiary/aromatic N) is 1. The quantitative estimate of drug-likeness (QED) is 0.387. The highest BCUT2D eigenvalue weighted by Gasteiger charge is 2.14. The molecule has 0 radical (unpaired) electrons. The topological polar surface area (TPSA) is 66.6 Å². The minimum absolute atomic E-state index is 0.382. The zero-order valence-corrected chi connectivity index (χ0v) is 17.3. The van der Waals surface area contributed by atoms with Crippen LogP contribution in [0.4, 0.5) is 5.69 Å². The lowest BCUT2D eigenvalue weighted by molar-refractivity contribution is 0.268. The van der Waals surface area contributed by atoms with E-state index in [9.17, 15) is 0 Å². The van der Waals surface area contributed by atoms with Gasteiger partial charge in [-0.2, -0.15) is 4.98 Å². The highest BCUT2D eigenvalue weighted by Crippen LogP contribution is 2.36. The van der Waals surface area contributed by atoms with Crippen LogP contribution in [0.25, 0.3) is 11.1 Å². The van der Waals surface area contributed by atoms with Gasteiger partial charge in [0.25, 0.3) is 0 Å². The third-order valence-corrected chi connectivity index (χ3v) is 4.83. The van der Waals surface area contributed by atoms with E-state index in [0.29, 0.717) is 36.4 Å². The molecule has 0 amide bonds. The van der Waals surface area contributed by atoms with Crippen molar-refractivity contribution >= 4 is 5.69 Å². The molecular weight excluding hydrogens is 388 g/mol. The molecule has 1 heterocycles. The van der Waals surface area contributed by atoms with E-state index in [2.05, 4.69) is 4.98 Å². The summed E-state index contributed by atoms with van der Waals surface area (Å²) in [7, 11) is 1.63. The van der Waals surface area contributed by atoms with Crippen LogP contribution in [0.15, 0.2) is 91.0 Å². The molecule has 0 aliphatic rings. The molecule has 0 unspecified atom stereocenters. The molecule has 0 saturated carbocycles. The number of aromatic nitrogens is 1. The van der Waals surface area contributed by atoms with Crippen molar-refractivity contribution in [3.63, 3.8) is 0 Å². The van der Waals surface area contributed by atoms with Crippen LogP contribution in [0, 0.1) is 0 Å². The number of rotatable bonds is 8. The van der Waals surface area contributed by atoms with Crippen LogP contribution in [0.1, 0.15) is 11.1 Å². The minimum Gasteiger partial charge on any atom is -0.497 e. The van der Waals surface area contributed by atoms with Crippen molar-refractivity contribution < 1.29 is 14.2 Å². The Morgan fingerprint density at radius 2 is 1.35 bits per heavy atom. The van der Waals surface area contributed by atoms with Gasteiger partial charge < -0.3 is 19.9 Å². The third kappa shape index (κ3) is 5.14. The van der Waals surface area contributed by atoms with Crippen molar-refractivity contribution in [2.75, 3.05) is 12.8 Å². The number of nitrogen functional groups attached to an aromatic ring is 1. The summed E-state index contributed by atoms with van der Waals surface area (Å²) in [5.41, 5.74) is 10.6. The van der Waals surface area contributed by atoms with Crippen LogP contribution in [0.5, 0.6) is 17.5 Å². The zero-order valence-electron chi connectivity index (χ0n) is 17.3. The van der Waals surface area contributed by atoms with E-state index in [-0.39, 0.29) is 0 Å². The van der Waals surface area contributed by atoms with E-state index >= 15 is 0 Å². The molecule has 5 heteroatoms. The van der Waals surface area contributed by atoms with Gasteiger partial charge in [0.2, 0.25) is 11.8 Å². The monoisotopic (exact) mass is 412 g/mol. The lowest BCUT2D eigenvalue weighted by atomic mass is 10.0. The van der Waals surface area contributed by atoms with Gasteiger partial charge in [-0.15, -0.1) is 0 Å². The summed E-state index contributed by atoms with van der Waals surface area (Å²) in [6.07, 6.45) is 0. The van der Waals surface area contributed by atoms with Gasteiger partial charge in [0.05, 0.1) is 7.11 Å². The number of hydrogen-bond donors (Lipinski definition) is 1. The molecule has 1 aromatic heterocycles. The van der Waals surface area contributed by atoms with Crippen LogP contribution in [-0.4, -0.2) is 12.1 Å². The number of hydrogen-bond acceptors (Lipinski definition) is 5. The van der Waals surface area contributed by atoms with E-state index in [1.807, 2.05) is 91.0 Å². The van der Waals surface area contributed by atoms with Gasteiger partial charge in [-0.25, -0.2) is 0 Å². The first-order valence-electron chi connectivity index (χ1n) is 10.0. The van der Waals surface area contributed by atoms with Crippen molar-refractivity contribution in [2.45, 2.75) is 13.2 Å². The molecule has 2 N–H and O–H groups in total. The Bertz CT molecular complexity index is 1130. The predicted octanol–water partition coefficient (Wildman–Crippen LogP) is 5.50. The van der Waals surface area contributed by atoms with Crippen LogP contribution in [0.2, 0.25) is 0 Å². The Kier molecular flexibility index (Phi) is 6.33. The molecule has 0 atom stereocenters. The molecule has 0 aliphatic carbocycles. The standard InChI is InChI=1S/C26H24N2O3/c1-29-21-12-14-24(27)23(16-21)22-13-15-25(30-17-19-8-4-2-5-9-19)28-26(22)31-18-20-10-6-3-7-11-20/h2-16H,17-18,27H2,1H3. The molecule has 5 nitrogen and oxygen atoms in total. The summed E-state index contributed by atoms with van der Waals surface area (Å²) in [6.45, 7) is 0.805. The summed E-state index contributed by atoms with van der Waals surface area (Å²) in [5.74, 6) is 1.65. The Labute approximate surface area is 182 Å². The fourth-order valence-electron chi connectivity index (χ4n) is 3.17. The van der Waals surface area contributed by atoms with Crippen molar-refractivity contribution in [1.82, 2.24) is 4.98 Å². The summed E-state index contributed by atoms with van der Waals surface area (Å²) in [5, 5.41) is 0. The summed E-state index contributed by atoms with van der Waals surface area (Å²) in [4.78, 5) is 4.64. The highest BCUT2D eigenvalue weighted by atomic mass is 16.5. The maximum absolute atomic E-state index is 6.25. The SMILES string of the molecule is COc1ccc(N)c(-c2ccc(OCc3ccccc3)nc2OCc2ccccc2)c1. The second-order valence-electron chi connectivity index (χ2n) is 7.00. The van der Waals surface area contributed by atoms with Crippen LogP contribution in [-0.2, 0) is 13.2 Å². The molecule has 0 spiro atoms. The van der Waals surface area contributed by atoms with E-state index in [1.54, 1.807) is 7.11 Å². The molecule has 4 rings (SSSR count). The average Bonchev–Trinajstić information content (AvgIpc) is 2.83. The van der Waals surface area contributed by atoms with Crippen molar-refractivity contribution in [3.8, 4) is 28.6 Å². The third-order valence-electron chi connectivity index (χ3n) is 4.83. The molecule has 156 valence electrons. The molecule has 31 heavy (non-hydrogen) atoms. The van der Waals surface area contributed by atoms with Gasteiger partial charge in [0.15, 0.2) is 0 Å². The van der Waals surface area contributed by atoms with Crippen molar-refractivity contribution in [1.29, 1.82) is 0 Å². The van der Waals surface area contributed by atoms with Crippen LogP contribution in [0.3, 0.4) is 0 Å². The van der Waals surface area contributed by atoms with Gasteiger partial charge >= 0.3 is 0 Å². The molecule has 0 aliphatic heterocycles. The first kappa shape index (κ1) is 20.3. The summed E-state index contributed by atoms with van der Waals surface area (Å²) < 4.78 is 17.4. The van der Waals surface area contributed by atoms with Crippen molar-refractivity contribution in [3.05, 3.63) is 102 Å². The lowest BCUT2D eigenvalue weighted by Gasteiger charge is -2.15. The fraction of sp³-hybridized carbons (Fsp3) is 0.115. The number of methoxy groups -OCH3 is 1. The zero-order chi connectivity index (χ0) is 21.5. The van der Waals surface area contributed by atoms with Gasteiger partial charge in [-0.1, -0.05) is 60.7 Å². The molecular formula is C26H24N2O3. The summed E-state index contributed by atoms with van der Waals surface area (Å²) >= 11 is 0. The van der Waals surface area contributed by atoms with Crippen LogP contribution < -0.4 is 19.9 Å². The second kappa shape index (κ2) is 9.67. The van der Waals surface area contributed by atoms with E-state index < -0.39 is 0 Å². The lowest BCUT2D eigenvalue weighted by Crippen LogP contribution is -2.03. The van der Waals surface area contributed by atoms with Crippen molar-refractivity contribution in [2.24, 2.45) is 0 Å². The maximum Gasteiger partial charge on any atom is 0.225 e. The maximum atomic E-state index is 6.25. The molecule has 3 aromatic carbocycles. The smallest absolute Gasteiger partial charge is 0.225 e. The molecule has 0 bridgehead atoms. The second-order valence-corrected chi connectivity index (χ2v) is 7.00. The first-order chi connectivity index (χ1) is 15.2. The fourth-order valence-corrected chi connectivity index (χ4v) is 3.17. The van der Waals surface area contributed by atoms with Gasteiger partial charge in [0.1, 0.15) is 19.0 Å². The average molecular weight is 412 g/mol. The number of nitrogens with two attached hydrogens (primary N) is 1. The number of benzene rings is 3. The first-order valence-corrected chi connectivity index (χ1v) is 10.0. The van der Waals surface area contributed by atoms with Gasteiger partial charge in [-0.05, 0) is 35.4 Å². The Morgan fingerprint density at radius 3 is 2.00 bits per heavy atom.